The first-order valence-electron chi connectivity index (χ1n) is 9.99. The number of aromatic nitrogens is 1. The summed E-state index contributed by atoms with van der Waals surface area (Å²) >= 11 is 0.836. The van der Waals surface area contributed by atoms with Gasteiger partial charge in [-0.05, 0) is 42.5 Å². The molecule has 0 bridgehead atoms. The lowest BCUT2D eigenvalue weighted by molar-refractivity contribution is 0.101. The van der Waals surface area contributed by atoms with Crippen molar-refractivity contribution in [3.05, 3.63) is 94.4 Å². The summed E-state index contributed by atoms with van der Waals surface area (Å²) in [6.07, 6.45) is 2.82. The number of carbonyl (C=O) groups excluding carboxylic acids is 1. The molecular weight excluding hydrogens is 476 g/mol. The molecule has 0 aliphatic heterocycles. The van der Waals surface area contributed by atoms with Crippen molar-refractivity contribution in [2.24, 2.45) is 0 Å². The van der Waals surface area contributed by atoms with Gasteiger partial charge in [0, 0.05) is 28.7 Å². The smallest absolute Gasteiger partial charge is 0.396 e. The molecular formula is C24H16N2O6S2. The van der Waals surface area contributed by atoms with Crippen LogP contribution in [0.2, 0.25) is 0 Å². The van der Waals surface area contributed by atoms with Gasteiger partial charge < -0.3 is 9.15 Å². The number of nitrogens with zero attached hydrogens (tertiary/aromatic N) is 2. The Hall–Kier alpha value is -4.02. The maximum atomic E-state index is 13.9. The van der Waals surface area contributed by atoms with Gasteiger partial charge in [0.25, 0.3) is 15.9 Å². The summed E-state index contributed by atoms with van der Waals surface area (Å²) in [5.41, 5.74) is 0.585. The van der Waals surface area contributed by atoms with Crippen LogP contribution in [-0.2, 0) is 10.0 Å². The van der Waals surface area contributed by atoms with Crippen molar-refractivity contribution in [2.45, 2.75) is 4.90 Å². The van der Waals surface area contributed by atoms with Crippen LogP contribution in [0.4, 0.5) is 5.69 Å². The highest BCUT2D eigenvalue weighted by Gasteiger charge is 2.34. The van der Waals surface area contributed by atoms with Gasteiger partial charge in [-0.25, -0.2) is 13.2 Å². The van der Waals surface area contributed by atoms with E-state index in [1.807, 2.05) is 0 Å². The van der Waals surface area contributed by atoms with E-state index >= 15 is 0 Å². The molecule has 3 aromatic carbocycles. The number of rotatable bonds is 5. The highest BCUT2D eigenvalue weighted by atomic mass is 32.2. The quantitative estimate of drug-likeness (QED) is 0.357. The molecule has 170 valence electrons. The Morgan fingerprint density at radius 2 is 1.68 bits per heavy atom. The molecule has 0 saturated heterocycles. The number of benzene rings is 3. The van der Waals surface area contributed by atoms with Gasteiger partial charge in [-0.15, -0.1) is 0 Å². The van der Waals surface area contributed by atoms with Crippen LogP contribution < -0.4 is 14.0 Å². The summed E-state index contributed by atoms with van der Waals surface area (Å²) in [5, 5.41) is 0.960. The maximum Gasteiger partial charge on any atom is 0.396 e. The van der Waals surface area contributed by atoms with Gasteiger partial charge >= 0.3 is 4.94 Å². The molecule has 34 heavy (non-hydrogen) atoms. The van der Waals surface area contributed by atoms with E-state index in [1.54, 1.807) is 24.3 Å². The minimum Gasteiger partial charge on any atom is -0.497 e. The number of pyridine rings is 1. The first-order chi connectivity index (χ1) is 16.4. The number of sulfonamides is 1. The highest BCUT2D eigenvalue weighted by Crippen LogP contribution is 2.38. The van der Waals surface area contributed by atoms with Gasteiger partial charge in [0.15, 0.2) is 5.58 Å². The number of anilines is 1. The van der Waals surface area contributed by atoms with Crippen LogP contribution in [0.15, 0.2) is 93.2 Å². The molecule has 0 aliphatic rings. The van der Waals surface area contributed by atoms with E-state index in [4.69, 9.17) is 9.15 Å². The van der Waals surface area contributed by atoms with Gasteiger partial charge in [0.2, 0.25) is 0 Å². The molecule has 2 aromatic heterocycles. The van der Waals surface area contributed by atoms with Gasteiger partial charge in [-0.1, -0.05) is 35.6 Å². The Balaban J connectivity index is 1.82. The van der Waals surface area contributed by atoms with E-state index in [9.17, 15) is 18.0 Å². The number of amides is 1. The molecule has 0 aliphatic carbocycles. The maximum absolute atomic E-state index is 13.9. The van der Waals surface area contributed by atoms with Crippen LogP contribution >= 0.6 is 11.3 Å². The zero-order valence-corrected chi connectivity index (χ0v) is 19.3. The van der Waals surface area contributed by atoms with Crippen LogP contribution in [-0.4, -0.2) is 26.4 Å². The molecule has 2 heterocycles. The molecule has 0 unspecified atom stereocenters. The fourth-order valence-corrected chi connectivity index (χ4v) is 5.80. The molecule has 5 rings (SSSR count). The third kappa shape index (κ3) is 3.62. The molecule has 0 atom stereocenters. The average Bonchev–Trinajstić information content (AvgIpc) is 3.25. The standard InChI is InChI=1S/C24H16N2O6S2/c1-31-16-6-8-17(9-7-16)34(29,30)26(23(27)15-10-12-25-13-11-15)20-14-21-22(32-24(28)33-21)19-5-3-2-4-18(19)20/h2-14H,1H3. The molecule has 0 fully saturated rings. The molecule has 1 amide bonds. The van der Waals surface area contributed by atoms with E-state index in [2.05, 4.69) is 4.98 Å². The second-order valence-corrected chi connectivity index (χ2v) is 9.97. The van der Waals surface area contributed by atoms with Gasteiger partial charge in [-0.3, -0.25) is 9.78 Å². The minimum atomic E-state index is -4.38. The number of carbonyl (C=O) groups is 1. The Morgan fingerprint density at radius 3 is 2.35 bits per heavy atom. The Morgan fingerprint density at radius 1 is 1.00 bits per heavy atom. The lowest BCUT2D eigenvalue weighted by atomic mass is 10.1. The topological polar surface area (TPSA) is 107 Å². The summed E-state index contributed by atoms with van der Waals surface area (Å²) < 4.78 is 39.5. The first-order valence-corrected chi connectivity index (χ1v) is 12.2. The molecule has 0 radical (unpaired) electrons. The molecule has 0 spiro atoms. The minimum absolute atomic E-state index is 0.0970. The summed E-state index contributed by atoms with van der Waals surface area (Å²) in [6.45, 7) is 0. The Bertz CT molecular complexity index is 1690. The summed E-state index contributed by atoms with van der Waals surface area (Å²) in [6, 6.07) is 17.0. The molecule has 5 aromatic rings. The van der Waals surface area contributed by atoms with E-state index in [1.165, 1.54) is 62.0 Å². The van der Waals surface area contributed by atoms with Crippen molar-refractivity contribution >= 4 is 54.0 Å². The third-order valence-corrected chi connectivity index (χ3v) is 7.73. The highest BCUT2D eigenvalue weighted by molar-refractivity contribution is 7.93. The summed E-state index contributed by atoms with van der Waals surface area (Å²) in [5.74, 6) is -0.292. The number of hydrogen-bond acceptors (Lipinski definition) is 8. The fourth-order valence-electron chi connectivity index (χ4n) is 3.66. The normalized spacial score (nSPS) is 11.6. The van der Waals surface area contributed by atoms with Crippen molar-refractivity contribution in [1.29, 1.82) is 0 Å². The predicted octanol–water partition coefficient (Wildman–Crippen LogP) is 4.45. The van der Waals surface area contributed by atoms with Crippen LogP contribution in [0.5, 0.6) is 5.75 Å². The third-order valence-electron chi connectivity index (χ3n) is 5.25. The van der Waals surface area contributed by atoms with Crippen molar-refractivity contribution in [3.63, 3.8) is 0 Å². The summed E-state index contributed by atoms with van der Waals surface area (Å²) in [4.78, 5) is 29.0. The molecule has 8 nitrogen and oxygen atoms in total. The van der Waals surface area contributed by atoms with Gasteiger partial charge in [0.05, 0.1) is 22.4 Å². The monoisotopic (exact) mass is 492 g/mol. The second kappa shape index (κ2) is 8.40. The van der Waals surface area contributed by atoms with Crippen molar-refractivity contribution in [3.8, 4) is 5.75 Å². The average molecular weight is 493 g/mol. The van der Waals surface area contributed by atoms with Crippen molar-refractivity contribution in [1.82, 2.24) is 4.98 Å². The Kier molecular flexibility index (Phi) is 5.39. The zero-order valence-electron chi connectivity index (χ0n) is 17.7. The SMILES string of the molecule is COc1ccc(S(=O)(=O)N(C(=O)c2ccncc2)c2cc3sc(=O)oc3c3ccccc23)cc1. The van der Waals surface area contributed by atoms with E-state index < -0.39 is 20.9 Å². The van der Waals surface area contributed by atoms with Crippen molar-refractivity contribution in [2.75, 3.05) is 11.4 Å². The van der Waals surface area contributed by atoms with E-state index in [-0.39, 0.29) is 16.1 Å². The fraction of sp³-hybridized carbons (Fsp3) is 0.0417. The van der Waals surface area contributed by atoms with Gasteiger partial charge in [-0.2, -0.15) is 4.31 Å². The van der Waals surface area contributed by atoms with Crippen LogP contribution in [0, 0.1) is 0 Å². The summed E-state index contributed by atoms with van der Waals surface area (Å²) in [7, 11) is -2.90. The number of ether oxygens (including phenoxy) is 1. The molecule has 10 heteroatoms. The largest absolute Gasteiger partial charge is 0.497 e. The molecule has 0 saturated carbocycles. The Labute approximate surface area is 197 Å². The first kappa shape index (κ1) is 21.8. The van der Waals surface area contributed by atoms with E-state index in [0.717, 1.165) is 15.6 Å². The lowest BCUT2D eigenvalue weighted by Crippen LogP contribution is -2.37. The number of hydrogen-bond donors (Lipinski definition) is 0. The van der Waals surface area contributed by atoms with Crippen LogP contribution in [0.3, 0.4) is 0 Å². The number of fused-ring (bicyclic) bond motifs is 3. The second-order valence-electron chi connectivity index (χ2n) is 7.21. The van der Waals surface area contributed by atoms with Crippen LogP contribution in [0.25, 0.3) is 21.1 Å². The zero-order chi connectivity index (χ0) is 23.9. The van der Waals surface area contributed by atoms with Gasteiger partial charge in [0.1, 0.15) is 5.75 Å². The molecule has 0 N–H and O–H groups in total. The van der Waals surface area contributed by atoms with E-state index in [0.29, 0.717) is 26.8 Å². The van der Waals surface area contributed by atoms with Crippen LogP contribution in [0.1, 0.15) is 10.4 Å². The predicted molar refractivity (Wildman–Crippen MR) is 129 cm³/mol. The lowest BCUT2D eigenvalue weighted by Gasteiger charge is -2.24. The van der Waals surface area contributed by atoms with Crippen molar-refractivity contribution < 1.29 is 22.4 Å². The number of methoxy groups -OCH3 is 1.